The molecule has 5 nitrogen and oxygen atoms in total. The summed E-state index contributed by atoms with van der Waals surface area (Å²) in [5.41, 5.74) is 0. The van der Waals surface area contributed by atoms with Gasteiger partial charge < -0.3 is 4.74 Å². The normalized spacial score (nSPS) is 11.1. The summed E-state index contributed by atoms with van der Waals surface area (Å²) in [4.78, 5) is 11.0. The Morgan fingerprint density at radius 1 is 1.47 bits per heavy atom. The van der Waals surface area contributed by atoms with E-state index in [2.05, 4.69) is 20.7 Å². The van der Waals surface area contributed by atoms with Gasteiger partial charge in [0.1, 0.15) is 11.6 Å². The summed E-state index contributed by atoms with van der Waals surface area (Å²) in [7, 11) is 0.482. The third-order valence-electron chi connectivity index (χ3n) is 1.38. The van der Waals surface area contributed by atoms with E-state index in [0.29, 0.717) is 0 Å². The van der Waals surface area contributed by atoms with Gasteiger partial charge in [0.2, 0.25) is 0 Å². The first-order valence-electron chi connectivity index (χ1n) is 3.78. The zero-order valence-corrected chi connectivity index (χ0v) is 11.6. The average Bonchev–Trinajstić information content (AvgIpc) is 2.11. The molecule has 0 aliphatic carbocycles. The summed E-state index contributed by atoms with van der Waals surface area (Å²) in [6.07, 6.45) is -1.37. The van der Waals surface area contributed by atoms with Crippen LogP contribution in [0.5, 0.6) is 5.75 Å². The monoisotopic (exact) mass is 365 g/mol. The number of hydrogen-bond acceptors (Lipinski definition) is 4. The first-order chi connectivity index (χ1) is 7.69. The van der Waals surface area contributed by atoms with Crippen LogP contribution >= 0.6 is 38.2 Å². The van der Waals surface area contributed by atoms with Gasteiger partial charge in [-0.15, -0.1) is 0 Å². The standard InChI is InChI=1S/C7H3BrCl2FNO4S/c8-3-1-4(9)5(11)2-6(3)16-7(13)12-17(10,14)15/h1-2H,(H,12,13). The average molecular weight is 367 g/mol. The minimum atomic E-state index is -4.26. The quantitative estimate of drug-likeness (QED) is 0.645. The Labute approximate surface area is 114 Å². The minimum absolute atomic E-state index is 0.172. The second-order valence-electron chi connectivity index (χ2n) is 2.63. The molecule has 1 amide bonds. The number of ether oxygens (including phenoxy) is 1. The number of rotatable bonds is 2. The van der Waals surface area contributed by atoms with Gasteiger partial charge >= 0.3 is 15.3 Å². The molecule has 17 heavy (non-hydrogen) atoms. The second-order valence-corrected chi connectivity index (χ2v) is 6.19. The highest BCUT2D eigenvalue weighted by atomic mass is 79.9. The second kappa shape index (κ2) is 5.38. The van der Waals surface area contributed by atoms with Crippen molar-refractivity contribution in [3.63, 3.8) is 0 Å². The number of halogens is 4. The molecular formula is C7H3BrCl2FNO4S. The van der Waals surface area contributed by atoms with Gasteiger partial charge in [0.05, 0.1) is 9.50 Å². The Bertz CT molecular complexity index is 565. The van der Waals surface area contributed by atoms with Crippen molar-refractivity contribution in [3.8, 4) is 5.75 Å². The summed E-state index contributed by atoms with van der Waals surface area (Å²) in [5, 5.41) is -0.186. The molecule has 0 unspecified atom stereocenters. The lowest BCUT2D eigenvalue weighted by Crippen LogP contribution is -2.29. The van der Waals surface area contributed by atoms with Crippen molar-refractivity contribution in [3.05, 3.63) is 27.4 Å². The number of benzene rings is 1. The fourth-order valence-corrected chi connectivity index (χ4v) is 1.95. The molecular weight excluding hydrogens is 364 g/mol. The first kappa shape index (κ1) is 14.5. The number of amides is 1. The van der Waals surface area contributed by atoms with Gasteiger partial charge in [0.25, 0.3) is 0 Å². The zero-order chi connectivity index (χ0) is 13.2. The molecule has 0 fully saturated rings. The van der Waals surface area contributed by atoms with E-state index in [-0.39, 0.29) is 15.2 Å². The predicted octanol–water partition coefficient (Wildman–Crippen LogP) is 2.81. The van der Waals surface area contributed by atoms with E-state index >= 15 is 0 Å². The maximum Gasteiger partial charge on any atom is 0.427 e. The lowest BCUT2D eigenvalue weighted by atomic mass is 10.3. The van der Waals surface area contributed by atoms with Crippen LogP contribution in [0.3, 0.4) is 0 Å². The fraction of sp³-hybridized carbons (Fsp3) is 0. The van der Waals surface area contributed by atoms with E-state index in [9.17, 15) is 17.6 Å². The van der Waals surface area contributed by atoms with E-state index in [0.717, 1.165) is 12.1 Å². The van der Waals surface area contributed by atoms with E-state index in [1.165, 1.54) is 4.72 Å². The lowest BCUT2D eigenvalue weighted by Gasteiger charge is -2.06. The van der Waals surface area contributed by atoms with Crippen molar-refractivity contribution in [2.24, 2.45) is 0 Å². The summed E-state index contributed by atoms with van der Waals surface area (Å²) in [5.74, 6) is -1.07. The minimum Gasteiger partial charge on any atom is -0.408 e. The fourth-order valence-electron chi connectivity index (χ4n) is 0.803. The van der Waals surface area contributed by atoms with Crippen molar-refractivity contribution in [2.75, 3.05) is 0 Å². The highest BCUT2D eigenvalue weighted by Crippen LogP contribution is 2.30. The maximum atomic E-state index is 13.0. The predicted molar refractivity (Wildman–Crippen MR) is 63.0 cm³/mol. The topological polar surface area (TPSA) is 72.5 Å². The summed E-state index contributed by atoms with van der Waals surface area (Å²) < 4.78 is 40.0. The molecule has 10 heteroatoms. The van der Waals surface area contributed by atoms with Crippen LogP contribution in [0.25, 0.3) is 0 Å². The highest BCUT2D eigenvalue weighted by Gasteiger charge is 2.15. The molecule has 0 aliphatic heterocycles. The molecule has 0 radical (unpaired) electrons. The zero-order valence-electron chi connectivity index (χ0n) is 7.71. The van der Waals surface area contributed by atoms with Crippen molar-refractivity contribution >= 4 is 53.5 Å². The van der Waals surface area contributed by atoms with Gasteiger partial charge in [-0.1, -0.05) is 11.6 Å². The Morgan fingerprint density at radius 2 is 2.06 bits per heavy atom. The number of nitrogens with one attached hydrogen (secondary N) is 1. The van der Waals surface area contributed by atoms with Gasteiger partial charge in [-0.2, -0.15) is 8.42 Å². The van der Waals surface area contributed by atoms with Crippen LogP contribution in [-0.2, 0) is 9.24 Å². The van der Waals surface area contributed by atoms with Crippen LogP contribution in [0.1, 0.15) is 0 Å². The van der Waals surface area contributed by atoms with E-state index in [1.807, 2.05) is 0 Å². The molecule has 0 bridgehead atoms. The van der Waals surface area contributed by atoms with Crippen LogP contribution < -0.4 is 9.46 Å². The van der Waals surface area contributed by atoms with Crippen molar-refractivity contribution < 1.29 is 22.3 Å². The first-order valence-corrected chi connectivity index (χ1v) is 7.26. The molecule has 0 heterocycles. The molecule has 0 aliphatic rings. The molecule has 1 N–H and O–H groups in total. The molecule has 0 atom stereocenters. The van der Waals surface area contributed by atoms with Gasteiger partial charge in [-0.3, -0.25) is 0 Å². The van der Waals surface area contributed by atoms with Crippen LogP contribution in [0.4, 0.5) is 9.18 Å². The summed E-state index contributed by atoms with van der Waals surface area (Å²) >= 11 is 8.40. The van der Waals surface area contributed by atoms with Crippen molar-refractivity contribution in [1.82, 2.24) is 4.72 Å². The molecule has 0 spiro atoms. The molecule has 0 saturated heterocycles. The molecule has 1 rings (SSSR count). The third kappa shape index (κ3) is 4.66. The van der Waals surface area contributed by atoms with Gasteiger partial charge in [-0.25, -0.2) is 13.9 Å². The van der Waals surface area contributed by atoms with Crippen molar-refractivity contribution in [1.29, 1.82) is 0 Å². The highest BCUT2D eigenvalue weighted by molar-refractivity contribution is 9.10. The van der Waals surface area contributed by atoms with Gasteiger partial charge in [-0.05, 0) is 22.0 Å². The van der Waals surface area contributed by atoms with Crippen LogP contribution in [0, 0.1) is 5.82 Å². The smallest absolute Gasteiger partial charge is 0.408 e. The van der Waals surface area contributed by atoms with E-state index < -0.39 is 21.1 Å². The SMILES string of the molecule is O=C(NS(=O)(=O)Cl)Oc1cc(F)c(Cl)cc1Br. The molecule has 0 saturated carbocycles. The largest absolute Gasteiger partial charge is 0.427 e. The van der Waals surface area contributed by atoms with Crippen LogP contribution in [0.2, 0.25) is 5.02 Å². The Morgan fingerprint density at radius 3 is 2.59 bits per heavy atom. The molecule has 1 aromatic carbocycles. The molecule has 0 aromatic heterocycles. The number of carbonyl (C=O) groups is 1. The molecule has 1 aromatic rings. The number of carbonyl (C=O) groups excluding carboxylic acids is 1. The van der Waals surface area contributed by atoms with E-state index in [4.69, 9.17) is 22.3 Å². The van der Waals surface area contributed by atoms with Gasteiger partial charge in [0.15, 0.2) is 0 Å². The Balaban J connectivity index is 2.89. The lowest BCUT2D eigenvalue weighted by molar-refractivity contribution is 0.206. The maximum absolute atomic E-state index is 13.0. The molecule has 94 valence electrons. The number of hydrogen-bond donors (Lipinski definition) is 1. The van der Waals surface area contributed by atoms with Gasteiger partial charge in [0, 0.05) is 16.7 Å². The Hall–Kier alpha value is -0.570. The van der Waals surface area contributed by atoms with Crippen LogP contribution in [0.15, 0.2) is 16.6 Å². The van der Waals surface area contributed by atoms with Crippen LogP contribution in [-0.4, -0.2) is 14.5 Å². The third-order valence-corrected chi connectivity index (χ3v) is 2.93. The van der Waals surface area contributed by atoms with Crippen molar-refractivity contribution in [2.45, 2.75) is 0 Å². The van der Waals surface area contributed by atoms with E-state index in [1.54, 1.807) is 0 Å². The summed E-state index contributed by atoms with van der Waals surface area (Å²) in [6.45, 7) is 0. The Kier molecular flexibility index (Phi) is 4.59. The summed E-state index contributed by atoms with van der Waals surface area (Å²) in [6, 6.07) is 1.96.